The first-order valence-electron chi connectivity index (χ1n) is 5.93. The number of hydrogen-bond donors (Lipinski definition) is 2. The maximum Gasteiger partial charge on any atom is 0.387 e. The number of carbonyl (C=O) groups excluding carboxylic acids is 1. The molecule has 1 rings (SSSR count). The summed E-state index contributed by atoms with van der Waals surface area (Å²) >= 11 is 0. The molecule has 2 unspecified atom stereocenters. The molecule has 0 aromatic heterocycles. The van der Waals surface area contributed by atoms with Crippen LogP contribution in [-0.2, 0) is 4.79 Å². The fraction of sp³-hybridized carbons (Fsp3) is 0.462. The van der Waals surface area contributed by atoms with E-state index in [1.165, 1.54) is 6.07 Å². The lowest BCUT2D eigenvalue weighted by Crippen LogP contribution is -2.34. The summed E-state index contributed by atoms with van der Waals surface area (Å²) in [5.74, 6) is -0.594. The number of alkyl halides is 2. The van der Waals surface area contributed by atoms with Crippen molar-refractivity contribution in [1.29, 1.82) is 0 Å². The highest BCUT2D eigenvalue weighted by molar-refractivity contribution is 5.93. The molecule has 4 nitrogen and oxygen atoms in total. The predicted octanol–water partition coefficient (Wildman–Crippen LogP) is 2.52. The van der Waals surface area contributed by atoms with Crippen LogP contribution in [0.4, 0.5) is 14.5 Å². The van der Waals surface area contributed by atoms with Crippen LogP contribution < -0.4 is 15.8 Å². The van der Waals surface area contributed by atoms with Gasteiger partial charge in [-0.1, -0.05) is 13.0 Å². The third-order valence-corrected chi connectivity index (χ3v) is 2.87. The van der Waals surface area contributed by atoms with Crippen molar-refractivity contribution < 1.29 is 18.3 Å². The number of ether oxygens (including phenoxy) is 1. The van der Waals surface area contributed by atoms with Gasteiger partial charge in [0.2, 0.25) is 5.91 Å². The van der Waals surface area contributed by atoms with Gasteiger partial charge in [0.25, 0.3) is 0 Å². The molecule has 1 aromatic rings. The van der Waals surface area contributed by atoms with Crippen molar-refractivity contribution in [3.8, 4) is 5.75 Å². The van der Waals surface area contributed by atoms with Crippen molar-refractivity contribution in [2.24, 2.45) is 11.7 Å². The molecule has 0 fully saturated rings. The first-order valence-corrected chi connectivity index (χ1v) is 5.93. The summed E-state index contributed by atoms with van der Waals surface area (Å²) in [4.78, 5) is 11.8. The van der Waals surface area contributed by atoms with E-state index in [2.05, 4.69) is 10.1 Å². The van der Waals surface area contributed by atoms with Gasteiger partial charge in [-0.15, -0.1) is 0 Å². The van der Waals surface area contributed by atoms with Gasteiger partial charge in [0.05, 0.1) is 5.92 Å². The zero-order chi connectivity index (χ0) is 14.6. The molecule has 3 N–H and O–H groups in total. The molecule has 6 heteroatoms. The predicted molar refractivity (Wildman–Crippen MR) is 69.3 cm³/mol. The molecule has 0 aliphatic carbocycles. The van der Waals surface area contributed by atoms with Gasteiger partial charge in [0, 0.05) is 17.8 Å². The number of benzene rings is 1. The van der Waals surface area contributed by atoms with E-state index in [-0.39, 0.29) is 23.6 Å². The van der Waals surface area contributed by atoms with E-state index in [0.717, 1.165) is 0 Å². The van der Waals surface area contributed by atoms with Crippen molar-refractivity contribution in [1.82, 2.24) is 0 Å². The number of amides is 1. The molecule has 0 heterocycles. The minimum atomic E-state index is -2.90. The summed E-state index contributed by atoms with van der Waals surface area (Å²) in [6.07, 6.45) is 0. The number of nitrogens with one attached hydrogen (secondary N) is 1. The van der Waals surface area contributed by atoms with E-state index in [9.17, 15) is 13.6 Å². The van der Waals surface area contributed by atoms with Crippen molar-refractivity contribution in [2.45, 2.75) is 33.4 Å². The molecule has 19 heavy (non-hydrogen) atoms. The lowest BCUT2D eigenvalue weighted by atomic mass is 10.0. The number of nitrogens with two attached hydrogens (primary N) is 1. The van der Waals surface area contributed by atoms with E-state index in [1.807, 2.05) is 0 Å². The Hall–Kier alpha value is -1.69. The van der Waals surface area contributed by atoms with Crippen molar-refractivity contribution >= 4 is 11.6 Å². The molecule has 1 aromatic carbocycles. The monoisotopic (exact) mass is 272 g/mol. The summed E-state index contributed by atoms with van der Waals surface area (Å²) < 4.78 is 28.8. The van der Waals surface area contributed by atoms with Gasteiger partial charge >= 0.3 is 6.61 Å². The molecule has 2 atom stereocenters. The van der Waals surface area contributed by atoms with Gasteiger partial charge in [-0.25, -0.2) is 0 Å². The van der Waals surface area contributed by atoms with Crippen LogP contribution in [0.2, 0.25) is 0 Å². The first-order chi connectivity index (χ1) is 8.81. The minimum absolute atomic E-state index is 0.0428. The maximum absolute atomic E-state index is 12.2. The number of rotatable bonds is 5. The van der Waals surface area contributed by atoms with Crippen LogP contribution >= 0.6 is 0 Å². The van der Waals surface area contributed by atoms with Gasteiger partial charge in [-0.05, 0) is 25.5 Å². The van der Waals surface area contributed by atoms with Crippen LogP contribution in [0.5, 0.6) is 5.75 Å². The van der Waals surface area contributed by atoms with Gasteiger partial charge < -0.3 is 15.8 Å². The van der Waals surface area contributed by atoms with Gasteiger partial charge in [-0.3, -0.25) is 4.79 Å². The molecule has 0 spiro atoms. The van der Waals surface area contributed by atoms with E-state index < -0.39 is 6.61 Å². The Morgan fingerprint density at radius 3 is 2.53 bits per heavy atom. The quantitative estimate of drug-likeness (QED) is 0.865. The molecular weight excluding hydrogens is 254 g/mol. The zero-order valence-electron chi connectivity index (χ0n) is 11.1. The summed E-state index contributed by atoms with van der Waals surface area (Å²) in [6, 6.07) is 4.30. The topological polar surface area (TPSA) is 64.4 Å². The fourth-order valence-electron chi connectivity index (χ4n) is 1.40. The lowest BCUT2D eigenvalue weighted by Gasteiger charge is -2.16. The Morgan fingerprint density at radius 2 is 2.00 bits per heavy atom. The molecule has 0 radical (unpaired) electrons. The second-order valence-electron chi connectivity index (χ2n) is 4.50. The van der Waals surface area contributed by atoms with Crippen molar-refractivity contribution in [2.75, 3.05) is 5.32 Å². The van der Waals surface area contributed by atoms with Crippen LogP contribution in [0.3, 0.4) is 0 Å². The summed E-state index contributed by atoms with van der Waals surface area (Å²) in [7, 11) is 0. The molecule has 106 valence electrons. The highest BCUT2D eigenvalue weighted by Gasteiger charge is 2.17. The summed E-state index contributed by atoms with van der Waals surface area (Å²) in [6.45, 7) is 2.18. The average Bonchev–Trinajstić information content (AvgIpc) is 2.31. The standard InChI is InChI=1S/C13H18F2N2O2/c1-7-4-5-10(6-11(7)19-13(14)15)17-12(18)8(2)9(3)16/h4-6,8-9,13H,16H2,1-3H3,(H,17,18). The number of halogens is 2. The van der Waals surface area contributed by atoms with Crippen molar-refractivity contribution in [3.63, 3.8) is 0 Å². The lowest BCUT2D eigenvalue weighted by molar-refractivity contribution is -0.119. The largest absolute Gasteiger partial charge is 0.434 e. The first kappa shape index (κ1) is 15.4. The fourth-order valence-corrected chi connectivity index (χ4v) is 1.40. The molecule has 0 saturated carbocycles. The molecule has 0 aliphatic heterocycles. The highest BCUT2D eigenvalue weighted by Crippen LogP contribution is 2.24. The van der Waals surface area contributed by atoms with Crippen molar-refractivity contribution in [3.05, 3.63) is 23.8 Å². The Kier molecular flexibility index (Phi) is 5.23. The van der Waals surface area contributed by atoms with Crippen LogP contribution in [0.1, 0.15) is 19.4 Å². The summed E-state index contributed by atoms with van der Waals surface area (Å²) in [5.41, 5.74) is 6.60. The van der Waals surface area contributed by atoms with E-state index in [1.54, 1.807) is 32.9 Å². The zero-order valence-corrected chi connectivity index (χ0v) is 11.1. The van der Waals surface area contributed by atoms with Crippen LogP contribution in [0.15, 0.2) is 18.2 Å². The van der Waals surface area contributed by atoms with E-state index in [4.69, 9.17) is 5.73 Å². The Balaban J connectivity index is 2.82. The number of anilines is 1. The Bertz CT molecular complexity index is 450. The minimum Gasteiger partial charge on any atom is -0.434 e. The highest BCUT2D eigenvalue weighted by atomic mass is 19.3. The molecule has 0 aliphatic rings. The molecule has 0 saturated heterocycles. The van der Waals surface area contributed by atoms with Crippen LogP contribution in [0.25, 0.3) is 0 Å². The van der Waals surface area contributed by atoms with Crippen LogP contribution in [-0.4, -0.2) is 18.6 Å². The van der Waals surface area contributed by atoms with Gasteiger partial charge in [0.1, 0.15) is 5.75 Å². The summed E-state index contributed by atoms with van der Waals surface area (Å²) in [5, 5.41) is 2.62. The molecule has 1 amide bonds. The van der Waals surface area contributed by atoms with Gasteiger partial charge in [0.15, 0.2) is 0 Å². The van der Waals surface area contributed by atoms with Gasteiger partial charge in [-0.2, -0.15) is 8.78 Å². The average molecular weight is 272 g/mol. The third-order valence-electron chi connectivity index (χ3n) is 2.87. The van der Waals surface area contributed by atoms with E-state index >= 15 is 0 Å². The van der Waals surface area contributed by atoms with E-state index in [0.29, 0.717) is 11.3 Å². The maximum atomic E-state index is 12.2. The Labute approximate surface area is 110 Å². The SMILES string of the molecule is Cc1ccc(NC(=O)C(C)C(C)N)cc1OC(F)F. The Morgan fingerprint density at radius 1 is 1.37 bits per heavy atom. The smallest absolute Gasteiger partial charge is 0.387 e. The second-order valence-corrected chi connectivity index (χ2v) is 4.50. The third kappa shape index (κ3) is 4.48. The molecule has 0 bridgehead atoms. The number of carbonyl (C=O) groups is 1. The normalized spacial score (nSPS) is 14.1. The number of hydrogen-bond acceptors (Lipinski definition) is 3. The molecular formula is C13H18F2N2O2. The van der Waals surface area contributed by atoms with Crippen LogP contribution in [0, 0.1) is 12.8 Å². The number of aryl methyl sites for hydroxylation is 1. The second kappa shape index (κ2) is 6.47.